The van der Waals surface area contributed by atoms with Gasteiger partial charge in [-0.1, -0.05) is 30.3 Å². The Morgan fingerprint density at radius 3 is 2.68 bits per heavy atom. The minimum atomic E-state index is 0.0189. The smallest absolute Gasteiger partial charge is 0.251 e. The molecule has 1 aliphatic carbocycles. The van der Waals surface area contributed by atoms with Gasteiger partial charge < -0.3 is 10.1 Å². The highest BCUT2D eigenvalue weighted by Crippen LogP contribution is 2.33. The molecule has 0 unspecified atom stereocenters. The number of hydrogen-bond donors (Lipinski definition) is 1. The molecule has 1 atom stereocenters. The van der Waals surface area contributed by atoms with Crippen LogP contribution < -0.4 is 5.32 Å². The van der Waals surface area contributed by atoms with Crippen molar-refractivity contribution in [3.8, 4) is 0 Å². The molecule has 0 radical (unpaired) electrons. The first-order valence-electron chi connectivity index (χ1n) is 9.98. The molecule has 2 aliphatic rings. The first kappa shape index (κ1) is 17.9. The number of aryl methyl sites for hydroxylation is 2. The zero-order chi connectivity index (χ0) is 18.9. The van der Waals surface area contributed by atoms with Crippen LogP contribution >= 0.6 is 11.3 Å². The average Bonchev–Trinajstić information content (AvgIpc) is 3.41. The van der Waals surface area contributed by atoms with Crippen molar-refractivity contribution in [2.45, 2.75) is 18.9 Å². The molecule has 1 saturated heterocycles. The van der Waals surface area contributed by atoms with E-state index in [-0.39, 0.29) is 11.9 Å². The molecule has 144 valence electrons. The van der Waals surface area contributed by atoms with Gasteiger partial charge in [0.25, 0.3) is 5.91 Å². The minimum Gasteiger partial charge on any atom is -0.379 e. The quantitative estimate of drug-likeness (QED) is 0.718. The maximum Gasteiger partial charge on any atom is 0.251 e. The lowest BCUT2D eigenvalue weighted by Gasteiger charge is -2.34. The molecule has 1 fully saturated rings. The predicted molar refractivity (Wildman–Crippen MR) is 113 cm³/mol. The molecular formula is C23H24N2O2S. The van der Waals surface area contributed by atoms with Crippen LogP contribution in [0.1, 0.15) is 32.4 Å². The summed E-state index contributed by atoms with van der Waals surface area (Å²) in [5.74, 6) is 0.0189. The first-order valence-corrected chi connectivity index (χ1v) is 10.9. The van der Waals surface area contributed by atoms with E-state index in [2.05, 4.69) is 52.0 Å². The van der Waals surface area contributed by atoms with E-state index < -0.39 is 0 Å². The van der Waals surface area contributed by atoms with E-state index in [0.717, 1.165) is 50.1 Å². The van der Waals surface area contributed by atoms with E-state index in [9.17, 15) is 4.79 Å². The van der Waals surface area contributed by atoms with Crippen LogP contribution in [0, 0.1) is 0 Å². The van der Waals surface area contributed by atoms with E-state index in [1.807, 2.05) is 6.07 Å². The lowest BCUT2D eigenvalue weighted by atomic mass is 9.99. The summed E-state index contributed by atoms with van der Waals surface area (Å²) in [5, 5.41) is 7.70. The molecule has 0 bridgehead atoms. The van der Waals surface area contributed by atoms with Gasteiger partial charge in [-0.25, -0.2) is 0 Å². The minimum absolute atomic E-state index is 0.0189. The number of carbonyl (C=O) groups is 1. The number of benzene rings is 2. The lowest BCUT2D eigenvalue weighted by Crippen LogP contribution is -2.43. The van der Waals surface area contributed by atoms with Crippen LogP contribution in [0.15, 0.2) is 47.8 Å². The Bertz CT molecular complexity index is 983. The summed E-state index contributed by atoms with van der Waals surface area (Å²) >= 11 is 1.75. The Morgan fingerprint density at radius 1 is 1.07 bits per heavy atom. The van der Waals surface area contributed by atoms with Crippen molar-refractivity contribution in [2.75, 3.05) is 32.8 Å². The molecule has 2 aromatic carbocycles. The number of rotatable bonds is 5. The van der Waals surface area contributed by atoms with Crippen LogP contribution in [-0.2, 0) is 17.6 Å². The maximum absolute atomic E-state index is 13.1. The molecule has 1 aliphatic heterocycles. The van der Waals surface area contributed by atoms with Crippen molar-refractivity contribution < 1.29 is 9.53 Å². The normalized spacial score (nSPS) is 17.7. The monoisotopic (exact) mass is 392 g/mol. The van der Waals surface area contributed by atoms with E-state index in [1.165, 1.54) is 21.4 Å². The van der Waals surface area contributed by atoms with Gasteiger partial charge in [0.15, 0.2) is 0 Å². The topological polar surface area (TPSA) is 41.6 Å². The summed E-state index contributed by atoms with van der Waals surface area (Å²) < 4.78 is 5.51. The molecule has 1 aromatic heterocycles. The van der Waals surface area contributed by atoms with Gasteiger partial charge in [-0.15, -0.1) is 11.3 Å². The van der Waals surface area contributed by atoms with Gasteiger partial charge in [0, 0.05) is 30.1 Å². The highest BCUT2D eigenvalue weighted by atomic mass is 32.1. The second-order valence-electron chi connectivity index (χ2n) is 7.50. The van der Waals surface area contributed by atoms with Crippen molar-refractivity contribution in [3.63, 3.8) is 0 Å². The fraction of sp³-hybridized carbons (Fsp3) is 0.348. The van der Waals surface area contributed by atoms with E-state index in [4.69, 9.17) is 4.74 Å². The standard InChI is InChI=1S/C23H24N2O2S/c26-23(19-9-8-17-7-6-16-3-1-4-18(19)22(16)17)24-15-20(21-5-2-14-28-21)25-10-12-27-13-11-25/h1-5,8-9,14,20H,6-7,10-13,15H2,(H,24,26)/t20-/m0/s1. The van der Waals surface area contributed by atoms with Crippen molar-refractivity contribution in [2.24, 2.45) is 0 Å². The molecule has 3 aromatic rings. The number of ether oxygens (including phenoxy) is 1. The van der Waals surface area contributed by atoms with Crippen LogP contribution in [0.4, 0.5) is 0 Å². The van der Waals surface area contributed by atoms with Crippen molar-refractivity contribution in [1.82, 2.24) is 10.2 Å². The summed E-state index contributed by atoms with van der Waals surface area (Å²) in [6, 6.07) is 14.9. The molecule has 28 heavy (non-hydrogen) atoms. The van der Waals surface area contributed by atoms with Gasteiger partial charge in [-0.2, -0.15) is 0 Å². The SMILES string of the molecule is O=C(NC[C@@H](c1cccs1)N1CCOCC1)c1ccc2c3c(cccc13)CC2. The van der Waals surface area contributed by atoms with E-state index in [1.54, 1.807) is 11.3 Å². The van der Waals surface area contributed by atoms with Crippen molar-refractivity contribution >= 4 is 28.0 Å². The largest absolute Gasteiger partial charge is 0.379 e. The number of carbonyl (C=O) groups excluding carboxylic acids is 1. The third kappa shape index (κ3) is 3.24. The maximum atomic E-state index is 13.1. The summed E-state index contributed by atoms with van der Waals surface area (Å²) in [6.07, 6.45) is 2.16. The number of hydrogen-bond acceptors (Lipinski definition) is 4. The number of nitrogens with zero attached hydrogens (tertiary/aromatic N) is 1. The predicted octanol–water partition coefficient (Wildman–Crippen LogP) is 3.80. The zero-order valence-corrected chi connectivity index (χ0v) is 16.6. The van der Waals surface area contributed by atoms with Gasteiger partial charge in [0.05, 0.1) is 19.3 Å². The van der Waals surface area contributed by atoms with Crippen molar-refractivity contribution in [1.29, 1.82) is 0 Å². The Hall–Kier alpha value is -2.21. The van der Waals surface area contributed by atoms with Crippen molar-refractivity contribution in [3.05, 3.63) is 69.4 Å². The third-order valence-corrected chi connectivity index (χ3v) is 6.91. The average molecular weight is 393 g/mol. The van der Waals surface area contributed by atoms with E-state index in [0.29, 0.717) is 6.54 Å². The number of amides is 1. The van der Waals surface area contributed by atoms with Gasteiger partial charge in [-0.05, 0) is 52.3 Å². The third-order valence-electron chi connectivity index (χ3n) is 5.94. The lowest BCUT2D eigenvalue weighted by molar-refractivity contribution is 0.0169. The van der Waals surface area contributed by atoms with Crippen LogP contribution in [0.2, 0.25) is 0 Å². The molecule has 2 heterocycles. The van der Waals surface area contributed by atoms with Gasteiger partial charge in [0.1, 0.15) is 0 Å². The Morgan fingerprint density at radius 2 is 1.89 bits per heavy atom. The van der Waals surface area contributed by atoms with Crippen LogP contribution in [0.5, 0.6) is 0 Å². The fourth-order valence-electron chi connectivity index (χ4n) is 4.51. The second kappa shape index (κ2) is 7.66. The highest BCUT2D eigenvalue weighted by molar-refractivity contribution is 7.10. The molecule has 1 amide bonds. The molecule has 0 spiro atoms. The molecule has 4 nitrogen and oxygen atoms in total. The van der Waals surface area contributed by atoms with Crippen LogP contribution in [0.3, 0.4) is 0 Å². The second-order valence-corrected chi connectivity index (χ2v) is 8.48. The molecule has 5 heteroatoms. The summed E-state index contributed by atoms with van der Waals surface area (Å²) in [4.78, 5) is 16.8. The van der Waals surface area contributed by atoms with Crippen LogP contribution in [0.25, 0.3) is 10.8 Å². The fourth-order valence-corrected chi connectivity index (χ4v) is 5.37. The van der Waals surface area contributed by atoms with Gasteiger partial charge in [0.2, 0.25) is 0 Å². The molecule has 1 N–H and O–H groups in total. The Balaban J connectivity index is 1.38. The first-order chi connectivity index (χ1) is 13.8. The summed E-state index contributed by atoms with van der Waals surface area (Å²) in [6.45, 7) is 3.93. The summed E-state index contributed by atoms with van der Waals surface area (Å²) in [7, 11) is 0. The van der Waals surface area contributed by atoms with Crippen LogP contribution in [-0.4, -0.2) is 43.7 Å². The zero-order valence-electron chi connectivity index (χ0n) is 15.8. The van der Waals surface area contributed by atoms with E-state index >= 15 is 0 Å². The molecule has 5 rings (SSSR count). The molecular weight excluding hydrogens is 368 g/mol. The van der Waals surface area contributed by atoms with Gasteiger partial charge in [-0.3, -0.25) is 9.69 Å². The Labute approximate surface area is 169 Å². The number of thiophene rings is 1. The number of nitrogens with one attached hydrogen (secondary N) is 1. The van der Waals surface area contributed by atoms with Gasteiger partial charge >= 0.3 is 0 Å². The summed E-state index contributed by atoms with van der Waals surface area (Å²) in [5.41, 5.74) is 3.52. The molecule has 0 saturated carbocycles. The Kier molecular flexibility index (Phi) is 4.89. The highest BCUT2D eigenvalue weighted by Gasteiger charge is 2.25. The number of morpholine rings is 1.